The minimum Gasteiger partial charge on any atom is -0.839 e. The third-order valence-electron chi connectivity index (χ3n) is 5.15. The fourth-order valence-electron chi connectivity index (χ4n) is 1.63. The van der Waals surface area contributed by atoms with Gasteiger partial charge in [-0.25, -0.2) is 0 Å². The molecule has 85 heavy (non-hydrogen) atoms. The van der Waals surface area contributed by atoms with Gasteiger partial charge in [-0.15, -0.1) is 0 Å². The quantitative estimate of drug-likeness (QED) is 0.210. The van der Waals surface area contributed by atoms with Gasteiger partial charge < -0.3 is 54.7 Å². The maximum Gasteiger partial charge on any atom is 3.00 e. The van der Waals surface area contributed by atoms with Crippen LogP contribution < -0.4 is 35.7 Å². The Hall–Kier alpha value is 0.893. The summed E-state index contributed by atoms with van der Waals surface area (Å²) in [6, 6.07) is 0. The molecule has 0 atom stereocenters. The molecule has 11 nitrogen and oxygen atoms in total. The standard InChI is InChI=1S/2C4H10O2.7C3HF6O.2Eu.Y/c2*1-5-3-4-6-2;7*4-2(5,6)1(10)3(7,8)9;;;/h2*3-4H2,1-2H3;7*1H;;;/q;;7*-1;2*+2;+3. The molecule has 0 aromatic heterocycles. The van der Waals surface area contributed by atoms with Crippen molar-refractivity contribution in [1.82, 2.24) is 0 Å². The van der Waals surface area contributed by atoms with Gasteiger partial charge in [-0.3, -0.25) is 0 Å². The van der Waals surface area contributed by atoms with Crippen LogP contribution in [0.2, 0.25) is 0 Å². The van der Waals surface area contributed by atoms with E-state index in [-0.39, 0.29) is 131 Å². The van der Waals surface area contributed by atoms with Crippen LogP contribution in [0.1, 0.15) is 0 Å². The van der Waals surface area contributed by atoms with Crippen molar-refractivity contribution in [1.29, 1.82) is 0 Å². The van der Waals surface area contributed by atoms with E-state index in [0.717, 1.165) is 0 Å². The Morgan fingerprint density at radius 1 is 0.188 bits per heavy atom. The van der Waals surface area contributed by atoms with Crippen LogP contribution in [0.4, 0.5) is 184 Å². The number of methoxy groups -OCH3 is 4. The summed E-state index contributed by atoms with van der Waals surface area (Å²) in [4.78, 5) is 0. The minimum absolute atomic E-state index is 0. The molecular weight excluding hydrogens is 1720 g/mol. The molecule has 0 aromatic carbocycles. The second-order valence-corrected chi connectivity index (χ2v) is 12.2. The normalized spacial score (nSPS) is 13.1. The van der Waals surface area contributed by atoms with Crippen molar-refractivity contribution >= 4 is 0 Å². The number of halogens is 42. The molecule has 0 amide bonds. The topological polar surface area (TPSA) is 198 Å². The molecule has 0 bridgehead atoms. The fourth-order valence-corrected chi connectivity index (χ4v) is 1.63. The number of hydrogen-bond donors (Lipinski definition) is 0. The van der Waals surface area contributed by atoms with Gasteiger partial charge in [0, 0.05) is 28.4 Å². The van der Waals surface area contributed by atoms with Gasteiger partial charge in [-0.2, -0.15) is 184 Å². The molecule has 0 aliphatic carbocycles. The van der Waals surface area contributed by atoms with E-state index in [2.05, 4.69) is 18.9 Å². The summed E-state index contributed by atoms with van der Waals surface area (Å²) in [5, 5.41) is 65.2. The van der Waals surface area contributed by atoms with Gasteiger partial charge in [-0.1, -0.05) is 0 Å². The van der Waals surface area contributed by atoms with E-state index >= 15 is 0 Å². The van der Waals surface area contributed by atoms with Crippen molar-refractivity contribution in [2.75, 3.05) is 54.9 Å². The van der Waals surface area contributed by atoms with E-state index in [0.29, 0.717) is 26.4 Å². The summed E-state index contributed by atoms with van der Waals surface area (Å²) < 4.78 is 477. The number of hydrogen-bond acceptors (Lipinski definition) is 11. The van der Waals surface area contributed by atoms with Crippen LogP contribution in [0.3, 0.4) is 0 Å². The third kappa shape index (κ3) is 70.6. The molecule has 0 heterocycles. The Kier molecular flexibility index (Phi) is 61.4. The summed E-state index contributed by atoms with van der Waals surface area (Å²) in [6.07, 6.45) is -112. The third-order valence-corrected chi connectivity index (χ3v) is 5.15. The largest absolute Gasteiger partial charge is 3.00 e. The van der Waals surface area contributed by atoms with Crippen LogP contribution in [-0.2, 0) is 51.7 Å². The monoisotopic (exact) mass is 1740 g/mol. The smallest absolute Gasteiger partial charge is 0.839 e. The van der Waals surface area contributed by atoms with Crippen molar-refractivity contribution in [3.63, 3.8) is 0 Å². The van der Waals surface area contributed by atoms with Crippen molar-refractivity contribution in [3.05, 3.63) is 0 Å². The first-order valence-electron chi connectivity index (χ1n) is 17.4. The summed E-state index contributed by atoms with van der Waals surface area (Å²) in [7, 11) is 6.61. The molecule has 0 aliphatic rings. The zero-order valence-corrected chi connectivity index (χ0v) is 47.3. The van der Waals surface area contributed by atoms with Gasteiger partial charge in [0.2, 0.25) is 0 Å². The van der Waals surface area contributed by atoms with Crippen molar-refractivity contribution in [3.8, 4) is 0 Å². The first kappa shape index (κ1) is 113. The van der Waals surface area contributed by atoms with Crippen LogP contribution in [-0.4, -0.2) is 184 Å². The van der Waals surface area contributed by atoms with Gasteiger partial charge in [0.25, 0.3) is 0 Å². The molecule has 0 aromatic rings. The zero-order valence-electron chi connectivity index (χ0n) is 39.6. The zero-order chi connectivity index (χ0) is 69.7. The second kappa shape index (κ2) is 46.1. The molecule has 0 unspecified atom stereocenters. The van der Waals surface area contributed by atoms with Crippen LogP contribution in [0.15, 0.2) is 0 Å². The van der Waals surface area contributed by atoms with Gasteiger partial charge in [0.05, 0.1) is 69.2 Å². The molecule has 0 rings (SSSR count). The number of alkyl halides is 42. The van der Waals surface area contributed by atoms with Gasteiger partial charge in [-0.05, 0) is 0 Å². The molecule has 0 spiro atoms. The fraction of sp³-hybridized carbons (Fsp3) is 1.00. The Labute approximate surface area is 549 Å². The van der Waals surface area contributed by atoms with E-state index in [9.17, 15) is 220 Å². The SMILES string of the molecule is COCCOC.COCCOC.[Eu+2].[Eu+2].[O-]C(C(F)(F)F)C(F)(F)F.[O-]C(C(F)(F)F)C(F)(F)F.[O-]C(C(F)(F)F)C(F)(F)F.[O-]C(C(F)(F)F)C(F)(F)F.[O-]C(C(F)(F)F)C(F)(F)F.[O-]C(C(F)(F)F)C(F)(F)F.[O-]C(C(F)(F)F)C(F)(F)F.[Y+3]. The predicted octanol–water partition coefficient (Wildman–Crippen LogP) is 6.44. The van der Waals surface area contributed by atoms with Crippen LogP contribution in [0, 0.1) is 98.8 Å². The average molecular weight is 1740 g/mol. The predicted molar refractivity (Wildman–Crippen MR) is 159 cm³/mol. The van der Waals surface area contributed by atoms with Crippen LogP contribution in [0.5, 0.6) is 0 Å². The first-order valence-corrected chi connectivity index (χ1v) is 17.4. The molecule has 0 saturated carbocycles. The molecular formula is C29H27Eu2F42O11Y. The average Bonchev–Trinajstić information content (AvgIpc) is 3.20. The van der Waals surface area contributed by atoms with Gasteiger partial charge in [0.1, 0.15) is 0 Å². The summed E-state index contributed by atoms with van der Waals surface area (Å²) in [5.74, 6) is 0. The number of rotatable bonds is 6. The molecule has 0 saturated heterocycles. The van der Waals surface area contributed by atoms with Crippen molar-refractivity contribution < 1.29 is 371 Å². The second-order valence-electron chi connectivity index (χ2n) is 12.2. The summed E-state index contributed by atoms with van der Waals surface area (Å²) in [6.45, 7) is 2.76. The minimum atomic E-state index is -5.74. The Balaban J connectivity index is -0.0000000706. The Bertz CT molecular complexity index is 1140. The maximum atomic E-state index is 10.9. The van der Waals surface area contributed by atoms with E-state index in [4.69, 9.17) is 0 Å². The van der Waals surface area contributed by atoms with Crippen LogP contribution in [0.25, 0.3) is 0 Å². The summed E-state index contributed by atoms with van der Waals surface area (Å²) in [5.41, 5.74) is 0. The molecule has 56 heteroatoms. The van der Waals surface area contributed by atoms with Crippen LogP contribution >= 0.6 is 0 Å². The molecule has 0 aliphatic heterocycles. The first-order chi connectivity index (χ1) is 34.9. The van der Waals surface area contributed by atoms with E-state index in [1.54, 1.807) is 28.4 Å². The van der Waals surface area contributed by atoms with Gasteiger partial charge >= 0.3 is 218 Å². The molecule has 520 valence electrons. The molecule has 0 fully saturated rings. The van der Waals surface area contributed by atoms with Gasteiger partial charge in [0.15, 0.2) is 0 Å². The molecule has 0 N–H and O–H groups in total. The maximum absolute atomic E-state index is 10.9. The van der Waals surface area contributed by atoms with E-state index < -0.39 is 129 Å². The van der Waals surface area contributed by atoms with Crippen molar-refractivity contribution in [2.45, 2.75) is 129 Å². The van der Waals surface area contributed by atoms with E-state index in [1.165, 1.54) is 0 Å². The molecule has 2 radical (unpaired) electrons. The van der Waals surface area contributed by atoms with Crippen molar-refractivity contribution in [2.24, 2.45) is 0 Å². The Morgan fingerprint density at radius 3 is 0.247 bits per heavy atom. The number of ether oxygens (including phenoxy) is 4. The Morgan fingerprint density at radius 2 is 0.235 bits per heavy atom. The summed E-state index contributed by atoms with van der Waals surface area (Å²) >= 11 is 0. The van der Waals surface area contributed by atoms with E-state index in [1.807, 2.05) is 0 Å².